The molecule has 0 spiro atoms. The lowest BCUT2D eigenvalue weighted by Gasteiger charge is -2.45. The molecule has 3 atom stereocenters. The minimum atomic E-state index is -1.09. The summed E-state index contributed by atoms with van der Waals surface area (Å²) in [6.07, 6.45) is 4.39. The fourth-order valence-electron chi connectivity index (χ4n) is 5.82. The van der Waals surface area contributed by atoms with Gasteiger partial charge < -0.3 is 24.3 Å². The molecule has 0 radical (unpaired) electrons. The molecule has 2 aliphatic rings. The van der Waals surface area contributed by atoms with Gasteiger partial charge in [-0.25, -0.2) is 0 Å². The summed E-state index contributed by atoms with van der Waals surface area (Å²) < 4.78 is 13.2. The molecular formula is C29H35N3O4. The summed E-state index contributed by atoms with van der Waals surface area (Å²) in [7, 11) is 3.23. The number of amides is 2. The second-order valence-corrected chi connectivity index (χ2v) is 10.3. The Balaban J connectivity index is 1.62. The lowest BCUT2D eigenvalue weighted by atomic mass is 9.85. The summed E-state index contributed by atoms with van der Waals surface area (Å²) in [6.45, 7) is 4.76. The number of carbonyl (C=O) groups excluding carboxylic acids is 2. The van der Waals surface area contributed by atoms with Crippen LogP contribution in [0.3, 0.4) is 0 Å². The molecule has 1 aliphatic heterocycles. The highest BCUT2D eigenvalue weighted by Gasteiger charge is 2.48. The van der Waals surface area contributed by atoms with E-state index in [-0.39, 0.29) is 17.9 Å². The largest absolute Gasteiger partial charge is 0.496 e. The first kappa shape index (κ1) is 24.2. The Morgan fingerprint density at radius 3 is 2.44 bits per heavy atom. The normalized spacial score (nSPS) is 23.9. The number of fused-ring (bicyclic) bond motifs is 3. The van der Waals surface area contributed by atoms with Crippen LogP contribution in [0.15, 0.2) is 48.5 Å². The van der Waals surface area contributed by atoms with Gasteiger partial charge in [0.05, 0.1) is 26.3 Å². The molecule has 1 aliphatic carbocycles. The number of ether oxygens (including phenoxy) is 2. The Morgan fingerprint density at radius 1 is 1.06 bits per heavy atom. The van der Waals surface area contributed by atoms with E-state index in [1.165, 1.54) is 6.42 Å². The van der Waals surface area contributed by atoms with Crippen LogP contribution in [-0.2, 0) is 17.9 Å². The maximum atomic E-state index is 14.1. The van der Waals surface area contributed by atoms with Crippen molar-refractivity contribution in [2.24, 2.45) is 5.92 Å². The van der Waals surface area contributed by atoms with E-state index in [1.54, 1.807) is 19.1 Å². The van der Waals surface area contributed by atoms with Gasteiger partial charge in [-0.15, -0.1) is 0 Å². The van der Waals surface area contributed by atoms with E-state index in [1.807, 2.05) is 60.0 Å². The number of rotatable bonds is 6. The highest BCUT2D eigenvalue weighted by Crippen LogP contribution is 2.40. The van der Waals surface area contributed by atoms with Crippen LogP contribution >= 0.6 is 0 Å². The molecule has 2 heterocycles. The van der Waals surface area contributed by atoms with Crippen LogP contribution in [-0.4, -0.2) is 47.1 Å². The lowest BCUT2D eigenvalue weighted by Crippen LogP contribution is -2.65. The number of methoxy groups -OCH3 is 2. The molecular weight excluding hydrogens is 454 g/mol. The van der Waals surface area contributed by atoms with Crippen molar-refractivity contribution in [3.8, 4) is 11.5 Å². The molecule has 3 aromatic rings. The van der Waals surface area contributed by atoms with Gasteiger partial charge in [0.2, 0.25) is 5.91 Å². The Labute approximate surface area is 212 Å². The fraction of sp³-hybridized carbons (Fsp3) is 0.448. The zero-order chi connectivity index (χ0) is 25.4. The molecule has 7 nitrogen and oxygen atoms in total. The Kier molecular flexibility index (Phi) is 6.41. The van der Waals surface area contributed by atoms with Crippen molar-refractivity contribution in [3.05, 3.63) is 59.8 Å². The minimum absolute atomic E-state index is 0.111. The van der Waals surface area contributed by atoms with Crippen LogP contribution in [0.5, 0.6) is 11.5 Å². The lowest BCUT2D eigenvalue weighted by molar-refractivity contribution is -0.134. The summed E-state index contributed by atoms with van der Waals surface area (Å²) in [5, 5.41) is 4.13. The molecule has 1 aromatic heterocycles. The molecule has 2 aromatic carbocycles. The second-order valence-electron chi connectivity index (χ2n) is 10.3. The highest BCUT2D eigenvalue weighted by molar-refractivity contribution is 6.05. The summed E-state index contributed by atoms with van der Waals surface area (Å²) >= 11 is 0. The molecule has 1 fully saturated rings. The van der Waals surface area contributed by atoms with Crippen LogP contribution < -0.4 is 14.8 Å². The second kappa shape index (κ2) is 9.52. The van der Waals surface area contributed by atoms with E-state index < -0.39 is 5.54 Å². The molecule has 1 saturated carbocycles. The van der Waals surface area contributed by atoms with Gasteiger partial charge in [-0.05, 0) is 49.4 Å². The van der Waals surface area contributed by atoms with Crippen molar-refractivity contribution < 1.29 is 19.1 Å². The summed E-state index contributed by atoms with van der Waals surface area (Å²) in [5.74, 6) is 1.43. The molecule has 0 bridgehead atoms. The van der Waals surface area contributed by atoms with Crippen molar-refractivity contribution in [1.29, 1.82) is 0 Å². The SMILES string of the molecule is COc1ccc(OC)c2c1cc1n2C[C@](C)(C(=O)N[C@@H]2CCCC[C@@H]2C)N(Cc2ccccc2)C1=O. The van der Waals surface area contributed by atoms with Gasteiger partial charge in [-0.2, -0.15) is 0 Å². The van der Waals surface area contributed by atoms with E-state index >= 15 is 0 Å². The highest BCUT2D eigenvalue weighted by atomic mass is 16.5. The smallest absolute Gasteiger partial charge is 0.271 e. The van der Waals surface area contributed by atoms with E-state index in [9.17, 15) is 9.59 Å². The van der Waals surface area contributed by atoms with Crippen molar-refractivity contribution in [2.75, 3.05) is 14.2 Å². The number of benzene rings is 2. The first-order chi connectivity index (χ1) is 17.4. The third kappa shape index (κ3) is 4.00. The number of nitrogens with one attached hydrogen (secondary N) is 1. The maximum Gasteiger partial charge on any atom is 0.271 e. The zero-order valence-electron chi connectivity index (χ0n) is 21.5. The first-order valence-corrected chi connectivity index (χ1v) is 12.8. The molecule has 2 amide bonds. The monoisotopic (exact) mass is 489 g/mol. The fourth-order valence-corrected chi connectivity index (χ4v) is 5.82. The number of hydrogen-bond donors (Lipinski definition) is 1. The van der Waals surface area contributed by atoms with E-state index in [2.05, 4.69) is 12.2 Å². The van der Waals surface area contributed by atoms with Crippen LogP contribution in [0.4, 0.5) is 0 Å². The van der Waals surface area contributed by atoms with E-state index in [4.69, 9.17) is 9.47 Å². The Hall–Kier alpha value is -3.48. The van der Waals surface area contributed by atoms with Gasteiger partial charge in [0.1, 0.15) is 22.7 Å². The average molecular weight is 490 g/mol. The van der Waals surface area contributed by atoms with Crippen LogP contribution in [0, 0.1) is 5.92 Å². The van der Waals surface area contributed by atoms with E-state index in [0.717, 1.165) is 35.7 Å². The number of carbonyl (C=O) groups is 2. The first-order valence-electron chi connectivity index (χ1n) is 12.8. The van der Waals surface area contributed by atoms with Gasteiger partial charge in [-0.3, -0.25) is 9.59 Å². The Bertz CT molecular complexity index is 1280. The molecule has 1 N–H and O–H groups in total. The summed E-state index contributed by atoms with van der Waals surface area (Å²) in [5.41, 5.74) is 1.19. The topological polar surface area (TPSA) is 72.8 Å². The standard InChI is InChI=1S/C29H35N3O4/c1-19-10-8-9-13-22(19)30-28(34)29(2)18-31-23(27(33)32(29)17-20-11-6-5-7-12-20)16-21-24(35-3)14-15-25(36-4)26(21)31/h5-7,11-12,14-16,19,22H,8-10,13,17-18H2,1-4H3,(H,30,34)/t19-,22+,29+/m0/s1. The molecule has 0 saturated heterocycles. The van der Waals surface area contributed by atoms with Crippen LogP contribution in [0.25, 0.3) is 10.9 Å². The zero-order valence-corrected chi connectivity index (χ0v) is 21.5. The van der Waals surface area contributed by atoms with Gasteiger partial charge in [0, 0.05) is 18.0 Å². The number of nitrogens with zero attached hydrogens (tertiary/aromatic N) is 2. The third-order valence-electron chi connectivity index (χ3n) is 8.05. The number of aromatic nitrogens is 1. The van der Waals surface area contributed by atoms with Gasteiger partial charge in [-0.1, -0.05) is 50.1 Å². The van der Waals surface area contributed by atoms with Crippen molar-refractivity contribution in [3.63, 3.8) is 0 Å². The van der Waals surface area contributed by atoms with Crippen molar-refractivity contribution >= 4 is 22.7 Å². The molecule has 36 heavy (non-hydrogen) atoms. The molecule has 0 unspecified atom stereocenters. The third-order valence-corrected chi connectivity index (χ3v) is 8.05. The molecule has 7 heteroatoms. The quantitative estimate of drug-likeness (QED) is 0.542. The summed E-state index contributed by atoms with van der Waals surface area (Å²) in [4.78, 5) is 29.9. The predicted molar refractivity (Wildman–Crippen MR) is 139 cm³/mol. The van der Waals surface area contributed by atoms with Gasteiger partial charge in [0.25, 0.3) is 5.91 Å². The molecule has 190 valence electrons. The number of hydrogen-bond acceptors (Lipinski definition) is 4. The van der Waals surface area contributed by atoms with Crippen molar-refractivity contribution in [1.82, 2.24) is 14.8 Å². The van der Waals surface area contributed by atoms with Crippen molar-refractivity contribution in [2.45, 2.75) is 64.2 Å². The van der Waals surface area contributed by atoms with Gasteiger partial charge >= 0.3 is 0 Å². The maximum absolute atomic E-state index is 14.1. The summed E-state index contributed by atoms with van der Waals surface area (Å²) in [6, 6.07) is 15.5. The van der Waals surface area contributed by atoms with Gasteiger partial charge in [0.15, 0.2) is 0 Å². The Morgan fingerprint density at radius 2 is 1.75 bits per heavy atom. The average Bonchev–Trinajstić information content (AvgIpc) is 3.27. The minimum Gasteiger partial charge on any atom is -0.496 e. The molecule has 5 rings (SSSR count). The van der Waals surface area contributed by atoms with Crippen LogP contribution in [0.2, 0.25) is 0 Å². The predicted octanol–water partition coefficient (Wildman–Crippen LogP) is 4.77. The van der Waals surface area contributed by atoms with Crippen LogP contribution in [0.1, 0.15) is 55.6 Å². The van der Waals surface area contributed by atoms with E-state index in [0.29, 0.717) is 36.2 Å².